The molecule has 0 aliphatic carbocycles. The average molecular weight is 410 g/mol. The number of aryl methyl sites for hydroxylation is 3. The molecule has 0 fully saturated rings. The number of rotatable bonds is 9. The predicted octanol–water partition coefficient (Wildman–Crippen LogP) is 3.11. The number of benzene rings is 2. The molecule has 0 aromatic heterocycles. The number of thioether (sulfide) groups is 1. The van der Waals surface area contributed by atoms with Gasteiger partial charge < -0.3 is 9.84 Å². The minimum absolute atomic E-state index is 0.0989. The fraction of sp³-hybridized carbons (Fsp3) is 0.316. The minimum Gasteiger partial charge on any atom is -0.478 e. The molecule has 0 bridgehead atoms. The van der Waals surface area contributed by atoms with Gasteiger partial charge in [-0.15, -0.1) is 11.8 Å². The second kappa shape index (κ2) is 9.25. The van der Waals surface area contributed by atoms with E-state index < -0.39 is 21.4 Å². The summed E-state index contributed by atoms with van der Waals surface area (Å²) in [5.41, 5.74) is 1.26. The van der Waals surface area contributed by atoms with Crippen LogP contribution in [0.25, 0.3) is 0 Å². The molecule has 0 aliphatic heterocycles. The summed E-state index contributed by atoms with van der Waals surface area (Å²) in [4.78, 5) is 11.6. The summed E-state index contributed by atoms with van der Waals surface area (Å²) < 4.78 is 33.1. The Morgan fingerprint density at radius 3 is 2.30 bits per heavy atom. The van der Waals surface area contributed by atoms with Gasteiger partial charge in [0.05, 0.1) is 4.90 Å². The topological polar surface area (TPSA) is 92.7 Å². The molecule has 0 amide bonds. The van der Waals surface area contributed by atoms with Crippen LogP contribution >= 0.6 is 11.8 Å². The van der Waals surface area contributed by atoms with E-state index in [0.717, 1.165) is 17.3 Å². The highest BCUT2D eigenvalue weighted by molar-refractivity contribution is 8.00. The SMILES string of the molecule is Cc1cc(C)c(S(=O)(=O)NCCSC(Oc2ccccc2)C(=O)O)c(C)c1. The summed E-state index contributed by atoms with van der Waals surface area (Å²) in [6, 6.07) is 12.3. The van der Waals surface area contributed by atoms with Crippen molar-refractivity contribution in [2.75, 3.05) is 12.3 Å². The number of nitrogens with one attached hydrogen (secondary N) is 1. The molecule has 0 saturated heterocycles. The highest BCUT2D eigenvalue weighted by Gasteiger charge is 2.22. The number of hydrogen-bond acceptors (Lipinski definition) is 5. The number of aliphatic carboxylic acids is 1. The molecule has 2 rings (SSSR count). The van der Waals surface area contributed by atoms with Crippen molar-refractivity contribution in [1.29, 1.82) is 0 Å². The third kappa shape index (κ3) is 5.98. The molecule has 0 saturated carbocycles. The smallest absolute Gasteiger partial charge is 0.355 e. The van der Waals surface area contributed by atoms with Gasteiger partial charge in [-0.05, 0) is 44.0 Å². The molecular weight excluding hydrogens is 386 g/mol. The van der Waals surface area contributed by atoms with Crippen LogP contribution in [-0.4, -0.2) is 37.2 Å². The standard InChI is InChI=1S/C19H23NO5S2/c1-13-11-14(2)17(15(3)12-13)27(23,24)20-9-10-26-19(18(21)22)25-16-7-5-4-6-8-16/h4-8,11-12,19-20H,9-10H2,1-3H3,(H,21,22). The Morgan fingerprint density at radius 2 is 1.74 bits per heavy atom. The van der Waals surface area contributed by atoms with Crippen LogP contribution in [0, 0.1) is 20.8 Å². The van der Waals surface area contributed by atoms with Crippen LogP contribution in [0.2, 0.25) is 0 Å². The second-order valence-electron chi connectivity index (χ2n) is 6.10. The molecule has 2 N–H and O–H groups in total. The van der Waals surface area contributed by atoms with Crippen molar-refractivity contribution >= 4 is 27.8 Å². The van der Waals surface area contributed by atoms with Gasteiger partial charge in [0.25, 0.3) is 0 Å². The molecule has 1 atom stereocenters. The minimum atomic E-state index is -3.67. The maximum Gasteiger partial charge on any atom is 0.355 e. The number of carboxylic acid groups (broad SMARTS) is 1. The first kappa shape index (κ1) is 21.3. The third-order valence-electron chi connectivity index (χ3n) is 3.72. The van der Waals surface area contributed by atoms with Gasteiger partial charge in [-0.25, -0.2) is 17.9 Å². The molecule has 2 aromatic carbocycles. The molecule has 0 heterocycles. The highest BCUT2D eigenvalue weighted by Crippen LogP contribution is 2.22. The number of carboxylic acids is 1. The maximum atomic E-state index is 12.6. The summed E-state index contributed by atoms with van der Waals surface area (Å²) in [7, 11) is -3.67. The van der Waals surface area contributed by atoms with E-state index in [2.05, 4.69) is 4.72 Å². The zero-order chi connectivity index (χ0) is 20.0. The molecule has 1 unspecified atom stereocenters. The first-order valence-corrected chi connectivity index (χ1v) is 10.9. The lowest BCUT2D eigenvalue weighted by Gasteiger charge is -2.16. The van der Waals surface area contributed by atoms with E-state index >= 15 is 0 Å². The van der Waals surface area contributed by atoms with Gasteiger partial charge in [0, 0.05) is 12.3 Å². The highest BCUT2D eigenvalue weighted by atomic mass is 32.2. The van der Waals surface area contributed by atoms with Gasteiger partial charge in [0.15, 0.2) is 0 Å². The number of hydrogen-bond donors (Lipinski definition) is 2. The fourth-order valence-corrected chi connectivity index (χ4v) is 5.15. The van der Waals surface area contributed by atoms with E-state index in [1.807, 2.05) is 19.1 Å². The Hall–Kier alpha value is -2.03. The predicted molar refractivity (Wildman–Crippen MR) is 107 cm³/mol. The molecule has 27 heavy (non-hydrogen) atoms. The zero-order valence-corrected chi connectivity index (χ0v) is 17.1. The Balaban J connectivity index is 1.95. The van der Waals surface area contributed by atoms with Crippen molar-refractivity contribution in [2.45, 2.75) is 31.1 Å². The number of sulfonamides is 1. The lowest BCUT2D eigenvalue weighted by Crippen LogP contribution is -2.30. The molecule has 146 valence electrons. The molecule has 0 spiro atoms. The van der Waals surface area contributed by atoms with Crippen molar-refractivity contribution in [3.63, 3.8) is 0 Å². The summed E-state index contributed by atoms with van der Waals surface area (Å²) in [6.07, 6.45) is 0. The number of carbonyl (C=O) groups is 1. The fourth-order valence-electron chi connectivity index (χ4n) is 2.78. The number of ether oxygens (including phenoxy) is 1. The van der Waals surface area contributed by atoms with Gasteiger partial charge in [0.1, 0.15) is 5.75 Å². The maximum absolute atomic E-state index is 12.6. The Morgan fingerprint density at radius 1 is 1.15 bits per heavy atom. The van der Waals surface area contributed by atoms with E-state index in [-0.39, 0.29) is 17.2 Å². The van der Waals surface area contributed by atoms with E-state index in [4.69, 9.17) is 4.74 Å². The zero-order valence-electron chi connectivity index (χ0n) is 15.4. The molecule has 0 aliphatic rings. The molecule has 8 heteroatoms. The van der Waals surface area contributed by atoms with E-state index in [1.54, 1.807) is 44.2 Å². The van der Waals surface area contributed by atoms with E-state index in [0.29, 0.717) is 16.9 Å². The normalized spacial score (nSPS) is 12.6. The van der Waals surface area contributed by atoms with Crippen LogP contribution in [0.15, 0.2) is 47.4 Å². The summed E-state index contributed by atoms with van der Waals surface area (Å²) in [5, 5.41) is 9.29. The van der Waals surface area contributed by atoms with Crippen LogP contribution < -0.4 is 9.46 Å². The van der Waals surface area contributed by atoms with Crippen LogP contribution in [0.5, 0.6) is 5.75 Å². The monoisotopic (exact) mass is 409 g/mol. The summed E-state index contributed by atoms with van der Waals surface area (Å²) >= 11 is 1.02. The van der Waals surface area contributed by atoms with Crippen LogP contribution in [-0.2, 0) is 14.8 Å². The lowest BCUT2D eigenvalue weighted by molar-refractivity contribution is -0.140. The first-order valence-electron chi connectivity index (χ1n) is 8.34. The van der Waals surface area contributed by atoms with Gasteiger partial charge in [-0.2, -0.15) is 0 Å². The summed E-state index contributed by atoms with van der Waals surface area (Å²) in [6.45, 7) is 5.54. The van der Waals surface area contributed by atoms with Gasteiger partial charge in [0.2, 0.25) is 15.5 Å². The van der Waals surface area contributed by atoms with E-state index in [1.165, 1.54) is 0 Å². The Kier molecular flexibility index (Phi) is 7.29. The Bertz CT molecular complexity index is 875. The van der Waals surface area contributed by atoms with Crippen LogP contribution in [0.4, 0.5) is 0 Å². The van der Waals surface area contributed by atoms with Crippen molar-refractivity contribution < 1.29 is 23.1 Å². The van der Waals surface area contributed by atoms with E-state index in [9.17, 15) is 18.3 Å². The largest absolute Gasteiger partial charge is 0.478 e. The van der Waals surface area contributed by atoms with Gasteiger partial charge in [-0.3, -0.25) is 0 Å². The van der Waals surface area contributed by atoms with Crippen LogP contribution in [0.3, 0.4) is 0 Å². The first-order chi connectivity index (χ1) is 12.7. The van der Waals surface area contributed by atoms with Gasteiger partial charge >= 0.3 is 5.97 Å². The summed E-state index contributed by atoms with van der Waals surface area (Å²) in [5.74, 6) is -0.409. The van der Waals surface area contributed by atoms with Crippen LogP contribution in [0.1, 0.15) is 16.7 Å². The Labute approximate surface area is 164 Å². The number of para-hydroxylation sites is 1. The van der Waals surface area contributed by atoms with Crippen molar-refractivity contribution in [3.05, 3.63) is 59.2 Å². The van der Waals surface area contributed by atoms with Crippen molar-refractivity contribution in [3.8, 4) is 5.75 Å². The average Bonchev–Trinajstić information content (AvgIpc) is 2.57. The molecule has 0 radical (unpaired) electrons. The van der Waals surface area contributed by atoms with Gasteiger partial charge in [-0.1, -0.05) is 35.9 Å². The van der Waals surface area contributed by atoms with Crippen molar-refractivity contribution in [2.24, 2.45) is 0 Å². The molecular formula is C19H23NO5S2. The van der Waals surface area contributed by atoms with Crippen molar-refractivity contribution in [1.82, 2.24) is 4.72 Å². The third-order valence-corrected chi connectivity index (χ3v) is 6.53. The molecule has 2 aromatic rings. The quantitative estimate of drug-likeness (QED) is 0.488. The molecule has 6 nitrogen and oxygen atoms in total. The second-order valence-corrected chi connectivity index (χ2v) is 8.97. The lowest BCUT2D eigenvalue weighted by atomic mass is 10.1.